The molecule has 27 heavy (non-hydrogen) atoms. The molecule has 1 aliphatic rings. The summed E-state index contributed by atoms with van der Waals surface area (Å²) in [4.78, 5) is 26.3. The van der Waals surface area contributed by atoms with E-state index >= 15 is 0 Å². The topological polar surface area (TPSA) is 87.5 Å². The van der Waals surface area contributed by atoms with Crippen LogP contribution in [0.4, 0.5) is 4.39 Å². The summed E-state index contributed by atoms with van der Waals surface area (Å²) < 4.78 is 15.2. The number of phenols is 1. The van der Waals surface area contributed by atoms with Crippen LogP contribution in [0.15, 0.2) is 18.3 Å². The molecule has 2 heterocycles. The van der Waals surface area contributed by atoms with Crippen LogP contribution in [0.5, 0.6) is 5.75 Å². The summed E-state index contributed by atoms with van der Waals surface area (Å²) in [5.41, 5.74) is 1.61. The van der Waals surface area contributed by atoms with Crippen LogP contribution in [0.1, 0.15) is 34.1 Å². The number of likely N-dealkylation sites (tertiary alicyclic amines) is 1. The van der Waals surface area contributed by atoms with E-state index in [1.165, 1.54) is 0 Å². The molecule has 2 atom stereocenters. The van der Waals surface area contributed by atoms with Gasteiger partial charge in [-0.1, -0.05) is 11.6 Å². The lowest BCUT2D eigenvalue weighted by atomic mass is 9.94. The molecule has 1 aromatic carbocycles. The number of aryl methyl sites for hydroxylation is 1. The monoisotopic (exact) mass is 394 g/mol. The SMILES string of the molecule is Cc1c([C@H]2[C@H](CNC(=O)c3cc(F)cc(Cl)c3O)CC(=O)N2C)cnn1C. The zero-order valence-electron chi connectivity index (χ0n) is 15.2. The van der Waals surface area contributed by atoms with Crippen LogP contribution in [0, 0.1) is 18.7 Å². The van der Waals surface area contributed by atoms with Crippen molar-refractivity contribution < 1.29 is 19.1 Å². The zero-order chi connectivity index (χ0) is 19.9. The Morgan fingerprint density at radius 1 is 1.44 bits per heavy atom. The number of nitrogens with zero attached hydrogens (tertiary/aromatic N) is 3. The molecule has 1 aromatic heterocycles. The van der Waals surface area contributed by atoms with Gasteiger partial charge in [0.25, 0.3) is 5.91 Å². The highest BCUT2D eigenvalue weighted by atomic mass is 35.5. The molecule has 1 fully saturated rings. The normalized spacial score (nSPS) is 19.6. The van der Waals surface area contributed by atoms with Crippen LogP contribution in [-0.2, 0) is 11.8 Å². The van der Waals surface area contributed by atoms with E-state index in [9.17, 15) is 19.1 Å². The summed E-state index contributed by atoms with van der Waals surface area (Å²) >= 11 is 5.72. The van der Waals surface area contributed by atoms with Gasteiger partial charge in [-0.25, -0.2) is 4.39 Å². The molecule has 0 aliphatic carbocycles. The number of nitrogens with one attached hydrogen (secondary N) is 1. The second-order valence-corrected chi connectivity index (χ2v) is 7.12. The van der Waals surface area contributed by atoms with Gasteiger partial charge in [0.05, 0.1) is 22.8 Å². The lowest BCUT2D eigenvalue weighted by molar-refractivity contribution is -0.127. The van der Waals surface area contributed by atoms with Gasteiger partial charge in [0, 0.05) is 44.2 Å². The number of hydrogen-bond acceptors (Lipinski definition) is 4. The molecule has 0 saturated carbocycles. The number of rotatable bonds is 4. The molecule has 9 heteroatoms. The first-order chi connectivity index (χ1) is 12.7. The second kappa shape index (κ2) is 7.19. The van der Waals surface area contributed by atoms with Crippen LogP contribution in [0.25, 0.3) is 0 Å². The van der Waals surface area contributed by atoms with Crippen molar-refractivity contribution in [1.29, 1.82) is 0 Å². The molecule has 3 rings (SSSR count). The third-order valence-corrected chi connectivity index (χ3v) is 5.37. The minimum atomic E-state index is -0.720. The average molecular weight is 395 g/mol. The van der Waals surface area contributed by atoms with Crippen LogP contribution < -0.4 is 5.32 Å². The standard InChI is InChI=1S/C18H20ClFN4O3/c1-9-13(8-22-24(9)3)16-10(4-15(25)23(16)2)7-21-18(27)12-5-11(20)6-14(19)17(12)26/h5-6,8,10,16,26H,4,7H2,1-3H3,(H,21,27)/t10-,16+/m0/s1. The van der Waals surface area contributed by atoms with E-state index in [-0.39, 0.29) is 41.4 Å². The second-order valence-electron chi connectivity index (χ2n) is 6.72. The zero-order valence-corrected chi connectivity index (χ0v) is 15.9. The molecule has 7 nitrogen and oxygen atoms in total. The maximum absolute atomic E-state index is 13.5. The smallest absolute Gasteiger partial charge is 0.255 e. The minimum Gasteiger partial charge on any atom is -0.506 e. The van der Waals surface area contributed by atoms with Gasteiger partial charge in [-0.3, -0.25) is 14.3 Å². The summed E-state index contributed by atoms with van der Waals surface area (Å²) in [5.74, 6) is -2.06. The van der Waals surface area contributed by atoms with Gasteiger partial charge in [-0.05, 0) is 19.1 Å². The van der Waals surface area contributed by atoms with Crippen LogP contribution >= 0.6 is 11.6 Å². The number of hydrogen-bond donors (Lipinski definition) is 2. The van der Waals surface area contributed by atoms with Gasteiger partial charge in [-0.15, -0.1) is 0 Å². The average Bonchev–Trinajstić information content (AvgIpc) is 3.08. The van der Waals surface area contributed by atoms with E-state index in [0.29, 0.717) is 0 Å². The van der Waals surface area contributed by atoms with Crippen molar-refractivity contribution in [2.75, 3.05) is 13.6 Å². The molecule has 0 unspecified atom stereocenters. The number of amides is 2. The van der Waals surface area contributed by atoms with Gasteiger partial charge in [0.15, 0.2) is 0 Å². The lowest BCUT2D eigenvalue weighted by Crippen LogP contribution is -2.33. The third-order valence-electron chi connectivity index (χ3n) is 5.08. The highest BCUT2D eigenvalue weighted by molar-refractivity contribution is 6.32. The van der Waals surface area contributed by atoms with Gasteiger partial charge in [0.2, 0.25) is 5.91 Å². The quantitative estimate of drug-likeness (QED) is 0.832. The molecule has 2 amide bonds. The highest BCUT2D eigenvalue weighted by Crippen LogP contribution is 2.38. The Bertz CT molecular complexity index is 914. The number of halogens is 2. The van der Waals surface area contributed by atoms with Crippen molar-refractivity contribution in [2.24, 2.45) is 13.0 Å². The number of phenolic OH excluding ortho intramolecular Hbond substituents is 1. The Kier molecular flexibility index (Phi) is 5.10. The fourth-order valence-electron chi connectivity index (χ4n) is 3.46. The molecule has 2 aromatic rings. The van der Waals surface area contributed by atoms with E-state index in [2.05, 4.69) is 10.4 Å². The summed E-state index contributed by atoms with van der Waals surface area (Å²) in [5, 5.41) is 16.6. The molecule has 1 aliphatic heterocycles. The molecule has 0 bridgehead atoms. The van der Waals surface area contributed by atoms with Crippen LogP contribution in [0.2, 0.25) is 5.02 Å². The van der Waals surface area contributed by atoms with Gasteiger partial charge >= 0.3 is 0 Å². The number of benzene rings is 1. The maximum Gasteiger partial charge on any atom is 0.255 e. The molecule has 144 valence electrons. The number of carbonyl (C=O) groups excluding carboxylic acids is 2. The molecule has 0 radical (unpaired) electrons. The van der Waals surface area contributed by atoms with Crippen LogP contribution in [0.3, 0.4) is 0 Å². The summed E-state index contributed by atoms with van der Waals surface area (Å²) in [7, 11) is 3.54. The van der Waals surface area contributed by atoms with Crippen molar-refractivity contribution in [3.63, 3.8) is 0 Å². The van der Waals surface area contributed by atoms with Gasteiger partial charge in [0.1, 0.15) is 11.6 Å². The first-order valence-electron chi connectivity index (χ1n) is 8.41. The Hall–Kier alpha value is -2.61. The predicted octanol–water partition coefficient (Wildman–Crippen LogP) is 2.18. The summed E-state index contributed by atoms with van der Waals surface area (Å²) in [6, 6.07) is 1.63. The minimum absolute atomic E-state index is 0.0286. The Morgan fingerprint density at radius 2 is 2.15 bits per heavy atom. The van der Waals surface area contributed by atoms with Crippen molar-refractivity contribution in [3.05, 3.63) is 46.0 Å². The lowest BCUT2D eigenvalue weighted by Gasteiger charge is -2.25. The van der Waals surface area contributed by atoms with Gasteiger partial charge in [-0.2, -0.15) is 5.10 Å². The Balaban J connectivity index is 1.79. The van der Waals surface area contributed by atoms with E-state index in [4.69, 9.17) is 11.6 Å². The molecule has 0 spiro atoms. The van der Waals surface area contributed by atoms with Crippen molar-refractivity contribution in [2.45, 2.75) is 19.4 Å². The Labute approximate surface area is 160 Å². The highest BCUT2D eigenvalue weighted by Gasteiger charge is 2.40. The molecule has 2 N–H and O–H groups in total. The number of aromatic nitrogens is 2. The molecular weight excluding hydrogens is 375 g/mol. The Morgan fingerprint density at radius 3 is 2.78 bits per heavy atom. The van der Waals surface area contributed by atoms with E-state index in [1.54, 1.807) is 22.8 Å². The predicted molar refractivity (Wildman–Crippen MR) is 97.0 cm³/mol. The fraction of sp³-hybridized carbons (Fsp3) is 0.389. The van der Waals surface area contributed by atoms with Gasteiger partial charge < -0.3 is 15.3 Å². The van der Waals surface area contributed by atoms with Crippen molar-refractivity contribution >= 4 is 23.4 Å². The molecular formula is C18H20ClFN4O3. The number of carbonyl (C=O) groups is 2. The maximum atomic E-state index is 13.5. The third kappa shape index (κ3) is 3.49. The molecule has 1 saturated heterocycles. The largest absolute Gasteiger partial charge is 0.506 e. The first-order valence-corrected chi connectivity index (χ1v) is 8.78. The summed E-state index contributed by atoms with van der Waals surface area (Å²) in [6.45, 7) is 2.10. The van der Waals surface area contributed by atoms with Crippen LogP contribution in [-0.4, -0.2) is 45.2 Å². The fourth-order valence-corrected chi connectivity index (χ4v) is 3.67. The van der Waals surface area contributed by atoms with E-state index in [1.807, 2.05) is 14.0 Å². The van der Waals surface area contributed by atoms with Crippen molar-refractivity contribution in [3.8, 4) is 5.75 Å². The number of aromatic hydroxyl groups is 1. The first kappa shape index (κ1) is 19.2. The van der Waals surface area contributed by atoms with Crippen molar-refractivity contribution in [1.82, 2.24) is 20.0 Å². The van der Waals surface area contributed by atoms with E-state index in [0.717, 1.165) is 23.4 Å². The summed E-state index contributed by atoms with van der Waals surface area (Å²) in [6.07, 6.45) is 1.99. The van der Waals surface area contributed by atoms with E-state index < -0.39 is 17.5 Å².